The van der Waals surface area contributed by atoms with E-state index in [0.29, 0.717) is 6.42 Å². The average Bonchev–Trinajstić information content (AvgIpc) is 2.32. The zero-order valence-electron chi connectivity index (χ0n) is 10.7. The molecule has 1 aliphatic heterocycles. The lowest BCUT2D eigenvalue weighted by molar-refractivity contribution is -0.179. The predicted molar refractivity (Wildman–Crippen MR) is 67.0 cm³/mol. The normalized spacial score (nSPS) is 17.0. The van der Waals surface area contributed by atoms with Crippen LogP contribution in [0, 0.1) is 5.41 Å². The highest BCUT2D eigenvalue weighted by molar-refractivity contribution is 5.76. The lowest BCUT2D eigenvalue weighted by atomic mass is 9.79. The van der Waals surface area contributed by atoms with E-state index >= 15 is 0 Å². The van der Waals surface area contributed by atoms with E-state index in [1.54, 1.807) is 7.11 Å². The van der Waals surface area contributed by atoms with Gasteiger partial charge in [0.2, 0.25) is 0 Å². The molecule has 1 N–H and O–H groups in total. The van der Waals surface area contributed by atoms with Gasteiger partial charge in [0, 0.05) is 0 Å². The van der Waals surface area contributed by atoms with Crippen LogP contribution in [0.5, 0.6) is 5.75 Å². The first-order valence-corrected chi connectivity index (χ1v) is 6.08. The van der Waals surface area contributed by atoms with Crippen LogP contribution in [-0.2, 0) is 22.4 Å². The van der Waals surface area contributed by atoms with Crippen LogP contribution in [0.25, 0.3) is 0 Å². The maximum atomic E-state index is 11.3. The van der Waals surface area contributed by atoms with Crippen LogP contribution in [-0.4, -0.2) is 31.4 Å². The summed E-state index contributed by atoms with van der Waals surface area (Å²) in [7, 11) is 1.61. The molecule has 1 aliphatic rings. The number of aliphatic carboxylic acids is 1. The molecule has 98 valence electrons. The molecule has 0 unspecified atom stereocenters. The number of benzene rings is 1. The summed E-state index contributed by atoms with van der Waals surface area (Å²) in [5.74, 6) is -0.0440. The number of hydrogen-bond acceptors (Lipinski definition) is 3. The van der Waals surface area contributed by atoms with Crippen molar-refractivity contribution in [3.63, 3.8) is 0 Å². The van der Waals surface area contributed by atoms with Gasteiger partial charge >= 0.3 is 5.97 Å². The predicted octanol–water partition coefficient (Wildman–Crippen LogP) is 1.90. The van der Waals surface area contributed by atoms with Crippen molar-refractivity contribution >= 4 is 5.97 Å². The minimum atomic E-state index is -0.794. The second-order valence-electron chi connectivity index (χ2n) is 4.75. The summed E-state index contributed by atoms with van der Waals surface area (Å²) in [6, 6.07) is 5.94. The molecule has 0 aliphatic carbocycles. The molecule has 2 rings (SSSR count). The van der Waals surface area contributed by atoms with Crippen molar-refractivity contribution in [1.29, 1.82) is 0 Å². The molecule has 4 heteroatoms. The fraction of sp³-hybridized carbons (Fsp3) is 0.500. The Morgan fingerprint density at radius 3 is 2.67 bits per heavy atom. The van der Waals surface area contributed by atoms with E-state index in [9.17, 15) is 9.90 Å². The summed E-state index contributed by atoms with van der Waals surface area (Å²) < 4.78 is 10.4. The van der Waals surface area contributed by atoms with Gasteiger partial charge in [-0.2, -0.15) is 0 Å². The Kier molecular flexibility index (Phi) is 3.57. The van der Waals surface area contributed by atoms with E-state index in [1.807, 2.05) is 18.2 Å². The zero-order chi connectivity index (χ0) is 13.2. The number of carboxylic acid groups (broad SMARTS) is 1. The van der Waals surface area contributed by atoms with E-state index in [-0.39, 0.29) is 13.2 Å². The molecule has 0 radical (unpaired) electrons. The Bertz CT molecular complexity index is 449. The van der Waals surface area contributed by atoms with Gasteiger partial charge in [-0.1, -0.05) is 19.1 Å². The third-order valence-corrected chi connectivity index (χ3v) is 3.49. The van der Waals surface area contributed by atoms with Crippen LogP contribution in [0.1, 0.15) is 18.1 Å². The molecule has 0 spiro atoms. The van der Waals surface area contributed by atoms with Crippen LogP contribution >= 0.6 is 0 Å². The molecule has 0 saturated carbocycles. The molecule has 1 saturated heterocycles. The number of hydrogen-bond donors (Lipinski definition) is 1. The molecule has 1 aromatic carbocycles. The third-order valence-electron chi connectivity index (χ3n) is 3.49. The minimum Gasteiger partial charge on any atom is -0.496 e. The standard InChI is InChI=1S/C14H18O4/c1-3-10-4-5-12(17-2)11(6-10)7-14(13(15)16)8-18-9-14/h4-6H,3,7-9H2,1-2H3,(H,15,16). The largest absolute Gasteiger partial charge is 0.496 e. The Labute approximate surface area is 107 Å². The quantitative estimate of drug-likeness (QED) is 0.867. The zero-order valence-corrected chi connectivity index (χ0v) is 10.7. The maximum Gasteiger partial charge on any atom is 0.314 e. The fourth-order valence-electron chi connectivity index (χ4n) is 2.20. The van der Waals surface area contributed by atoms with Gasteiger partial charge in [-0.15, -0.1) is 0 Å². The lowest BCUT2D eigenvalue weighted by Gasteiger charge is -2.37. The molecule has 0 bridgehead atoms. The van der Waals surface area contributed by atoms with E-state index in [4.69, 9.17) is 9.47 Å². The number of aryl methyl sites for hydroxylation is 1. The van der Waals surface area contributed by atoms with Crippen LogP contribution in [0.2, 0.25) is 0 Å². The molecule has 1 heterocycles. The molecule has 0 atom stereocenters. The topological polar surface area (TPSA) is 55.8 Å². The second kappa shape index (κ2) is 4.98. The van der Waals surface area contributed by atoms with Gasteiger partial charge in [-0.3, -0.25) is 4.79 Å². The number of carbonyl (C=O) groups is 1. The van der Waals surface area contributed by atoms with Crippen LogP contribution in [0.15, 0.2) is 18.2 Å². The van der Waals surface area contributed by atoms with Crippen LogP contribution < -0.4 is 4.74 Å². The van der Waals surface area contributed by atoms with Gasteiger partial charge in [0.1, 0.15) is 11.2 Å². The molecular weight excluding hydrogens is 232 g/mol. The number of methoxy groups -OCH3 is 1. The smallest absolute Gasteiger partial charge is 0.314 e. The van der Waals surface area contributed by atoms with Crippen molar-refractivity contribution < 1.29 is 19.4 Å². The van der Waals surface area contributed by atoms with Gasteiger partial charge in [0.05, 0.1) is 20.3 Å². The second-order valence-corrected chi connectivity index (χ2v) is 4.75. The summed E-state index contributed by atoms with van der Waals surface area (Å²) in [6.07, 6.45) is 1.38. The molecule has 0 amide bonds. The Hall–Kier alpha value is -1.55. The summed E-state index contributed by atoms with van der Waals surface area (Å²) >= 11 is 0. The minimum absolute atomic E-state index is 0.280. The highest BCUT2D eigenvalue weighted by Crippen LogP contribution is 2.35. The van der Waals surface area contributed by atoms with Crippen LogP contribution in [0.3, 0.4) is 0 Å². The van der Waals surface area contributed by atoms with Crippen molar-refractivity contribution in [3.8, 4) is 5.75 Å². The van der Waals surface area contributed by atoms with Crippen LogP contribution in [0.4, 0.5) is 0 Å². The molecule has 1 aromatic rings. The first-order chi connectivity index (χ1) is 8.61. The van der Waals surface area contributed by atoms with Crippen molar-refractivity contribution in [2.75, 3.05) is 20.3 Å². The van der Waals surface area contributed by atoms with Crippen molar-refractivity contribution in [3.05, 3.63) is 29.3 Å². The molecule has 1 fully saturated rings. The van der Waals surface area contributed by atoms with Crippen molar-refractivity contribution in [1.82, 2.24) is 0 Å². The number of ether oxygens (including phenoxy) is 2. The average molecular weight is 250 g/mol. The Balaban J connectivity index is 2.29. The first-order valence-electron chi connectivity index (χ1n) is 6.08. The van der Waals surface area contributed by atoms with Crippen molar-refractivity contribution in [2.24, 2.45) is 5.41 Å². The van der Waals surface area contributed by atoms with E-state index in [0.717, 1.165) is 17.7 Å². The molecule has 18 heavy (non-hydrogen) atoms. The van der Waals surface area contributed by atoms with E-state index in [1.165, 1.54) is 5.56 Å². The lowest BCUT2D eigenvalue weighted by Crippen LogP contribution is -2.50. The van der Waals surface area contributed by atoms with Gasteiger partial charge < -0.3 is 14.6 Å². The SMILES string of the molecule is CCc1ccc(OC)c(CC2(C(=O)O)COC2)c1. The summed E-state index contributed by atoms with van der Waals surface area (Å²) in [6.45, 7) is 2.63. The van der Waals surface area contributed by atoms with Crippen molar-refractivity contribution in [2.45, 2.75) is 19.8 Å². The van der Waals surface area contributed by atoms with Gasteiger partial charge in [-0.25, -0.2) is 0 Å². The number of rotatable bonds is 5. The summed E-state index contributed by atoms with van der Waals surface area (Å²) in [5, 5.41) is 9.31. The number of carboxylic acids is 1. The van der Waals surface area contributed by atoms with Gasteiger partial charge in [0.15, 0.2) is 0 Å². The van der Waals surface area contributed by atoms with E-state index < -0.39 is 11.4 Å². The fourth-order valence-corrected chi connectivity index (χ4v) is 2.20. The first kappa shape index (κ1) is 12.9. The Morgan fingerprint density at radius 1 is 1.50 bits per heavy atom. The highest BCUT2D eigenvalue weighted by atomic mass is 16.5. The van der Waals surface area contributed by atoms with Gasteiger partial charge in [-0.05, 0) is 30.0 Å². The maximum absolute atomic E-state index is 11.3. The Morgan fingerprint density at radius 2 is 2.22 bits per heavy atom. The summed E-state index contributed by atoms with van der Waals surface area (Å²) in [5.41, 5.74) is 1.36. The third kappa shape index (κ3) is 2.20. The summed E-state index contributed by atoms with van der Waals surface area (Å²) in [4.78, 5) is 11.3. The molecule has 0 aromatic heterocycles. The molecule has 4 nitrogen and oxygen atoms in total. The highest BCUT2D eigenvalue weighted by Gasteiger charge is 2.46. The monoisotopic (exact) mass is 250 g/mol. The van der Waals surface area contributed by atoms with E-state index in [2.05, 4.69) is 6.92 Å². The molecular formula is C14H18O4. The van der Waals surface area contributed by atoms with Gasteiger partial charge in [0.25, 0.3) is 0 Å².